The summed E-state index contributed by atoms with van der Waals surface area (Å²) in [6.07, 6.45) is 8.48. The van der Waals surface area contributed by atoms with Gasteiger partial charge in [-0.3, -0.25) is 0 Å². The van der Waals surface area contributed by atoms with Gasteiger partial charge in [0, 0.05) is 17.6 Å². The van der Waals surface area contributed by atoms with Crippen LogP contribution in [0.3, 0.4) is 0 Å². The molecular formula is C12H20N2S. The monoisotopic (exact) mass is 224 g/mol. The molecule has 0 spiro atoms. The highest BCUT2D eigenvalue weighted by molar-refractivity contribution is 7.13. The first-order valence-corrected chi connectivity index (χ1v) is 6.70. The highest BCUT2D eigenvalue weighted by Crippen LogP contribution is 2.34. The lowest BCUT2D eigenvalue weighted by atomic mass is 9.85. The van der Waals surface area contributed by atoms with Crippen LogP contribution in [0.1, 0.15) is 46.0 Å². The molecular weight excluding hydrogens is 204 g/mol. The topological polar surface area (TPSA) is 24.9 Å². The van der Waals surface area contributed by atoms with Crippen molar-refractivity contribution in [2.75, 3.05) is 5.32 Å². The third-order valence-corrected chi connectivity index (χ3v) is 4.04. The van der Waals surface area contributed by atoms with E-state index < -0.39 is 0 Å². The molecule has 1 N–H and O–H groups in total. The Morgan fingerprint density at radius 1 is 1.40 bits per heavy atom. The fourth-order valence-electron chi connectivity index (χ4n) is 2.28. The van der Waals surface area contributed by atoms with Gasteiger partial charge in [-0.25, -0.2) is 4.98 Å². The maximum Gasteiger partial charge on any atom is 0.182 e. The van der Waals surface area contributed by atoms with Crippen LogP contribution in [0.15, 0.2) is 11.6 Å². The zero-order valence-electron chi connectivity index (χ0n) is 9.62. The third-order valence-electron chi connectivity index (χ3n) is 3.34. The molecule has 1 aliphatic rings. The Hall–Kier alpha value is -0.570. The highest BCUT2D eigenvalue weighted by Gasteiger charge is 2.24. The van der Waals surface area contributed by atoms with Gasteiger partial charge in [-0.15, -0.1) is 11.3 Å². The smallest absolute Gasteiger partial charge is 0.182 e. The lowest BCUT2D eigenvalue weighted by molar-refractivity contribution is 0.313. The van der Waals surface area contributed by atoms with Gasteiger partial charge in [0.05, 0.1) is 0 Å². The summed E-state index contributed by atoms with van der Waals surface area (Å²) in [5.41, 5.74) is 0.541. The van der Waals surface area contributed by atoms with Crippen LogP contribution >= 0.6 is 11.3 Å². The Kier molecular flexibility index (Phi) is 3.29. The zero-order valence-corrected chi connectivity index (χ0v) is 10.4. The third kappa shape index (κ3) is 3.20. The second-order valence-corrected chi connectivity index (χ2v) is 6.17. The van der Waals surface area contributed by atoms with E-state index in [-0.39, 0.29) is 0 Å². The van der Waals surface area contributed by atoms with E-state index in [1.165, 1.54) is 32.1 Å². The summed E-state index contributed by atoms with van der Waals surface area (Å²) < 4.78 is 0. The average molecular weight is 224 g/mol. The number of thiazole rings is 1. The second kappa shape index (κ2) is 4.52. The molecule has 1 fully saturated rings. The van der Waals surface area contributed by atoms with Crippen molar-refractivity contribution in [2.45, 2.75) is 52.0 Å². The van der Waals surface area contributed by atoms with Crippen LogP contribution in [0.25, 0.3) is 0 Å². The molecule has 15 heavy (non-hydrogen) atoms. The van der Waals surface area contributed by atoms with Gasteiger partial charge in [0.2, 0.25) is 0 Å². The van der Waals surface area contributed by atoms with Crippen LogP contribution < -0.4 is 5.32 Å². The van der Waals surface area contributed by atoms with Gasteiger partial charge in [-0.1, -0.05) is 20.3 Å². The van der Waals surface area contributed by atoms with Crippen molar-refractivity contribution in [3.05, 3.63) is 11.6 Å². The van der Waals surface area contributed by atoms with E-state index in [0.29, 0.717) is 11.5 Å². The van der Waals surface area contributed by atoms with Crippen LogP contribution in [0.4, 0.5) is 5.13 Å². The lowest BCUT2D eigenvalue weighted by Crippen LogP contribution is -2.18. The molecule has 1 saturated carbocycles. The Morgan fingerprint density at radius 2 is 2.27 bits per heavy atom. The SMILES string of the molecule is CC1(C)CCCC(Nc2nccs2)CC1. The minimum Gasteiger partial charge on any atom is -0.359 e. The molecule has 0 radical (unpaired) electrons. The number of nitrogens with zero attached hydrogens (tertiary/aromatic N) is 1. The zero-order chi connectivity index (χ0) is 10.7. The summed E-state index contributed by atoms with van der Waals surface area (Å²) in [4.78, 5) is 4.28. The Labute approximate surface area is 96.1 Å². The van der Waals surface area contributed by atoms with Crippen molar-refractivity contribution < 1.29 is 0 Å². The lowest BCUT2D eigenvalue weighted by Gasteiger charge is -2.22. The largest absolute Gasteiger partial charge is 0.359 e. The summed E-state index contributed by atoms with van der Waals surface area (Å²) in [7, 11) is 0. The van der Waals surface area contributed by atoms with Crippen molar-refractivity contribution in [1.82, 2.24) is 4.98 Å². The summed E-state index contributed by atoms with van der Waals surface area (Å²) in [5.74, 6) is 0. The number of rotatable bonds is 2. The molecule has 84 valence electrons. The molecule has 0 aliphatic heterocycles. The highest BCUT2D eigenvalue weighted by atomic mass is 32.1. The Bertz CT molecular complexity index is 293. The van der Waals surface area contributed by atoms with E-state index in [9.17, 15) is 0 Å². The van der Waals surface area contributed by atoms with Crippen LogP contribution in [0.2, 0.25) is 0 Å². The first-order chi connectivity index (χ1) is 7.16. The van der Waals surface area contributed by atoms with E-state index in [4.69, 9.17) is 0 Å². The minimum absolute atomic E-state index is 0.541. The van der Waals surface area contributed by atoms with Gasteiger partial charge in [-0.2, -0.15) is 0 Å². The van der Waals surface area contributed by atoms with Gasteiger partial charge in [0.1, 0.15) is 0 Å². The summed E-state index contributed by atoms with van der Waals surface area (Å²) in [6.45, 7) is 4.78. The predicted molar refractivity (Wildman–Crippen MR) is 66.4 cm³/mol. The van der Waals surface area contributed by atoms with Crippen LogP contribution in [0, 0.1) is 5.41 Å². The molecule has 1 aromatic heterocycles. The van der Waals surface area contributed by atoms with Gasteiger partial charge in [0.15, 0.2) is 5.13 Å². The van der Waals surface area contributed by atoms with Crippen LogP contribution in [0.5, 0.6) is 0 Å². The van der Waals surface area contributed by atoms with Crippen molar-refractivity contribution in [1.29, 1.82) is 0 Å². The van der Waals surface area contributed by atoms with Crippen LogP contribution in [-0.2, 0) is 0 Å². The molecule has 1 aromatic rings. The molecule has 0 saturated heterocycles. The van der Waals surface area contributed by atoms with E-state index in [1.54, 1.807) is 11.3 Å². The molecule has 1 atom stereocenters. The number of aromatic nitrogens is 1. The van der Waals surface area contributed by atoms with Crippen LogP contribution in [-0.4, -0.2) is 11.0 Å². The van der Waals surface area contributed by atoms with Crippen molar-refractivity contribution in [3.63, 3.8) is 0 Å². The van der Waals surface area contributed by atoms with E-state index in [1.807, 2.05) is 11.6 Å². The molecule has 1 unspecified atom stereocenters. The molecule has 1 aliphatic carbocycles. The fourth-order valence-corrected chi connectivity index (χ4v) is 2.88. The van der Waals surface area contributed by atoms with Gasteiger partial charge in [-0.05, 0) is 31.1 Å². The maximum absolute atomic E-state index is 4.28. The number of hydrogen-bond donors (Lipinski definition) is 1. The summed E-state index contributed by atoms with van der Waals surface area (Å²) >= 11 is 1.70. The van der Waals surface area contributed by atoms with Crippen molar-refractivity contribution >= 4 is 16.5 Å². The molecule has 3 heteroatoms. The molecule has 1 heterocycles. The van der Waals surface area contributed by atoms with E-state index >= 15 is 0 Å². The molecule has 0 bridgehead atoms. The summed E-state index contributed by atoms with van der Waals surface area (Å²) in [6, 6.07) is 0.637. The quantitative estimate of drug-likeness (QED) is 0.770. The first kappa shape index (κ1) is 10.9. The number of hydrogen-bond acceptors (Lipinski definition) is 3. The Balaban J connectivity index is 1.89. The molecule has 2 rings (SSSR count). The normalized spacial score (nSPS) is 25.9. The molecule has 2 nitrogen and oxygen atoms in total. The van der Waals surface area contributed by atoms with Gasteiger partial charge >= 0.3 is 0 Å². The first-order valence-electron chi connectivity index (χ1n) is 5.82. The van der Waals surface area contributed by atoms with E-state index in [0.717, 1.165) is 5.13 Å². The molecule has 0 aromatic carbocycles. The fraction of sp³-hybridized carbons (Fsp3) is 0.750. The predicted octanol–water partition coefficient (Wildman–Crippen LogP) is 3.91. The number of nitrogens with one attached hydrogen (secondary N) is 1. The minimum atomic E-state index is 0.541. The van der Waals surface area contributed by atoms with Crippen molar-refractivity contribution in [2.24, 2.45) is 5.41 Å². The summed E-state index contributed by atoms with van der Waals surface area (Å²) in [5, 5.41) is 6.66. The standard InChI is InChI=1S/C12H20N2S/c1-12(2)6-3-4-10(5-7-12)14-11-13-8-9-15-11/h8-10H,3-7H2,1-2H3,(H,13,14). The number of anilines is 1. The van der Waals surface area contributed by atoms with Gasteiger partial charge < -0.3 is 5.32 Å². The van der Waals surface area contributed by atoms with Gasteiger partial charge in [0.25, 0.3) is 0 Å². The maximum atomic E-state index is 4.28. The molecule has 0 amide bonds. The second-order valence-electron chi connectivity index (χ2n) is 5.27. The van der Waals surface area contributed by atoms with Crippen molar-refractivity contribution in [3.8, 4) is 0 Å². The van der Waals surface area contributed by atoms with E-state index in [2.05, 4.69) is 24.1 Å². The Morgan fingerprint density at radius 3 is 3.00 bits per heavy atom. The average Bonchev–Trinajstić information content (AvgIpc) is 2.60.